The van der Waals surface area contributed by atoms with Crippen LogP contribution in [0.15, 0.2) is 79.1 Å². The van der Waals surface area contributed by atoms with Gasteiger partial charge in [0.25, 0.3) is 5.91 Å². The van der Waals surface area contributed by atoms with Gasteiger partial charge in [-0.05, 0) is 80.3 Å². The maximum absolute atomic E-state index is 13.6. The van der Waals surface area contributed by atoms with Gasteiger partial charge in [-0.1, -0.05) is 12.1 Å². The molecule has 0 bridgehead atoms. The van der Waals surface area contributed by atoms with Gasteiger partial charge in [-0.15, -0.1) is 0 Å². The van der Waals surface area contributed by atoms with Crippen molar-refractivity contribution in [1.29, 1.82) is 0 Å². The van der Waals surface area contributed by atoms with E-state index in [-0.39, 0.29) is 11.9 Å². The molecule has 6 nitrogen and oxygen atoms in total. The van der Waals surface area contributed by atoms with Gasteiger partial charge in [-0.2, -0.15) is 0 Å². The molecule has 1 amide bonds. The topological polar surface area (TPSA) is 56.1 Å². The van der Waals surface area contributed by atoms with Crippen molar-refractivity contribution in [3.63, 3.8) is 0 Å². The van der Waals surface area contributed by atoms with Crippen molar-refractivity contribution in [2.75, 3.05) is 12.0 Å². The summed E-state index contributed by atoms with van der Waals surface area (Å²) in [5.74, 6) is 1.92. The minimum atomic E-state index is -0.0299. The van der Waals surface area contributed by atoms with E-state index in [4.69, 9.17) is 9.47 Å². The molecule has 2 aromatic heterocycles. The van der Waals surface area contributed by atoms with Crippen LogP contribution in [0.4, 0.5) is 5.69 Å². The Morgan fingerprint density at radius 1 is 1.09 bits per heavy atom. The fourth-order valence-electron chi connectivity index (χ4n) is 4.14. The average molecular weight is 442 g/mol. The summed E-state index contributed by atoms with van der Waals surface area (Å²) in [5, 5.41) is 0. The third-order valence-corrected chi connectivity index (χ3v) is 6.16. The molecule has 0 spiro atoms. The Bertz CT molecular complexity index is 1230. The number of pyridine rings is 1. The summed E-state index contributed by atoms with van der Waals surface area (Å²) in [6.45, 7) is 2.46. The van der Waals surface area contributed by atoms with Gasteiger partial charge < -0.3 is 18.8 Å². The Kier molecular flexibility index (Phi) is 5.73. The molecule has 0 saturated heterocycles. The van der Waals surface area contributed by atoms with Crippen LogP contribution in [-0.2, 0) is 6.61 Å². The van der Waals surface area contributed by atoms with Crippen LogP contribution in [0.25, 0.3) is 5.65 Å². The van der Waals surface area contributed by atoms with E-state index < -0.39 is 0 Å². The van der Waals surface area contributed by atoms with Crippen LogP contribution >= 0.6 is 0 Å². The molecule has 1 fully saturated rings. The highest BCUT2D eigenvalue weighted by Crippen LogP contribution is 2.38. The highest BCUT2D eigenvalue weighted by Gasteiger charge is 2.35. The minimum Gasteiger partial charge on any atom is -0.497 e. The van der Waals surface area contributed by atoms with Crippen molar-refractivity contribution in [2.24, 2.45) is 5.92 Å². The average Bonchev–Trinajstić information content (AvgIpc) is 3.62. The molecule has 5 rings (SSSR count). The molecule has 33 heavy (non-hydrogen) atoms. The van der Waals surface area contributed by atoms with E-state index in [1.165, 1.54) is 0 Å². The third-order valence-electron chi connectivity index (χ3n) is 6.16. The van der Waals surface area contributed by atoms with E-state index in [0.717, 1.165) is 35.6 Å². The molecule has 1 aliphatic carbocycles. The van der Waals surface area contributed by atoms with Gasteiger partial charge in [0.05, 0.1) is 12.8 Å². The number of rotatable bonds is 8. The first-order valence-electron chi connectivity index (χ1n) is 11.3. The molecule has 0 N–H and O–H groups in total. The van der Waals surface area contributed by atoms with Crippen LogP contribution in [0.5, 0.6) is 11.5 Å². The second kappa shape index (κ2) is 8.98. The normalized spacial score (nSPS) is 14.1. The summed E-state index contributed by atoms with van der Waals surface area (Å²) < 4.78 is 13.2. The number of aromatic nitrogens is 2. The van der Waals surface area contributed by atoms with Gasteiger partial charge in [-0.25, -0.2) is 4.98 Å². The van der Waals surface area contributed by atoms with E-state index in [1.54, 1.807) is 7.11 Å². The molecule has 168 valence electrons. The quantitative estimate of drug-likeness (QED) is 0.369. The Labute approximate surface area is 193 Å². The summed E-state index contributed by atoms with van der Waals surface area (Å²) in [6.07, 6.45) is 6.22. The monoisotopic (exact) mass is 441 g/mol. The molecule has 1 atom stereocenters. The lowest BCUT2D eigenvalue weighted by atomic mass is 10.1. The first-order chi connectivity index (χ1) is 16.1. The highest BCUT2D eigenvalue weighted by atomic mass is 16.5. The van der Waals surface area contributed by atoms with Crippen molar-refractivity contribution in [1.82, 2.24) is 9.38 Å². The number of fused-ring (bicyclic) bond motifs is 1. The predicted octanol–water partition coefficient (Wildman–Crippen LogP) is 5.37. The first kappa shape index (κ1) is 21.1. The summed E-state index contributed by atoms with van der Waals surface area (Å²) in [4.78, 5) is 20.1. The number of hydrogen-bond donors (Lipinski definition) is 0. The zero-order valence-corrected chi connectivity index (χ0v) is 18.8. The van der Waals surface area contributed by atoms with Gasteiger partial charge in [-0.3, -0.25) is 4.79 Å². The van der Waals surface area contributed by atoms with Crippen LogP contribution in [-0.4, -0.2) is 28.4 Å². The van der Waals surface area contributed by atoms with Gasteiger partial charge in [0.2, 0.25) is 0 Å². The molecule has 2 aromatic carbocycles. The van der Waals surface area contributed by atoms with Crippen molar-refractivity contribution < 1.29 is 14.3 Å². The number of anilines is 1. The lowest BCUT2D eigenvalue weighted by molar-refractivity contribution is 0.0975. The molecule has 6 heteroatoms. The van der Waals surface area contributed by atoms with Crippen molar-refractivity contribution in [2.45, 2.75) is 32.4 Å². The Morgan fingerprint density at radius 3 is 2.64 bits per heavy atom. The number of carbonyl (C=O) groups excluding carboxylic acids is 1. The van der Waals surface area contributed by atoms with Crippen LogP contribution in [0.2, 0.25) is 0 Å². The van der Waals surface area contributed by atoms with Gasteiger partial charge in [0.1, 0.15) is 23.8 Å². The maximum atomic E-state index is 13.6. The molecule has 1 saturated carbocycles. The molecular formula is C27H27N3O3. The van der Waals surface area contributed by atoms with E-state index in [1.807, 2.05) is 88.4 Å². The van der Waals surface area contributed by atoms with Crippen molar-refractivity contribution in [3.05, 3.63) is 90.4 Å². The summed E-state index contributed by atoms with van der Waals surface area (Å²) in [6, 6.07) is 21.1. The third kappa shape index (κ3) is 4.55. The Morgan fingerprint density at radius 2 is 1.91 bits per heavy atom. The fourth-order valence-corrected chi connectivity index (χ4v) is 4.14. The number of nitrogens with zero attached hydrogens (tertiary/aromatic N) is 3. The molecule has 1 unspecified atom stereocenters. The second-order valence-corrected chi connectivity index (χ2v) is 8.47. The number of methoxy groups -OCH3 is 1. The standard InChI is InChI=1S/C27H27N3O3/c1-19(20-9-10-20)30(23-11-13-24(32-2)14-12-23)27(31)21-6-5-7-25(16-21)33-18-22-17-29-15-4-3-8-26(29)28-22/h3-8,11-17,19-20H,9-10,18H2,1-2H3. The number of ether oxygens (including phenoxy) is 2. The fraction of sp³-hybridized carbons (Fsp3) is 0.259. The molecular weight excluding hydrogens is 414 g/mol. The summed E-state index contributed by atoms with van der Waals surface area (Å²) in [5.41, 5.74) is 3.19. The van der Waals surface area contributed by atoms with Crippen LogP contribution < -0.4 is 14.4 Å². The Balaban J connectivity index is 1.36. The van der Waals surface area contributed by atoms with E-state index in [9.17, 15) is 4.79 Å². The maximum Gasteiger partial charge on any atom is 0.258 e. The number of amides is 1. The SMILES string of the molecule is COc1ccc(N(C(=O)c2cccc(OCc3cn4ccccc4n3)c2)C(C)C2CC2)cc1. The molecule has 4 aromatic rings. The number of imidazole rings is 1. The predicted molar refractivity (Wildman–Crippen MR) is 128 cm³/mol. The number of benzene rings is 2. The molecule has 1 aliphatic rings. The smallest absolute Gasteiger partial charge is 0.258 e. The molecule has 0 radical (unpaired) electrons. The van der Waals surface area contributed by atoms with Crippen LogP contribution in [0.3, 0.4) is 0 Å². The largest absolute Gasteiger partial charge is 0.497 e. The first-order valence-corrected chi connectivity index (χ1v) is 11.3. The second-order valence-electron chi connectivity index (χ2n) is 8.47. The zero-order chi connectivity index (χ0) is 22.8. The lowest BCUT2D eigenvalue weighted by Crippen LogP contribution is -2.40. The summed E-state index contributed by atoms with van der Waals surface area (Å²) >= 11 is 0. The van der Waals surface area contributed by atoms with Crippen LogP contribution in [0, 0.1) is 5.92 Å². The Hall–Kier alpha value is -3.80. The summed E-state index contributed by atoms with van der Waals surface area (Å²) in [7, 11) is 1.64. The van der Waals surface area contributed by atoms with Crippen molar-refractivity contribution in [3.8, 4) is 11.5 Å². The van der Waals surface area contributed by atoms with E-state index in [0.29, 0.717) is 23.8 Å². The van der Waals surface area contributed by atoms with Gasteiger partial charge in [0, 0.05) is 29.7 Å². The molecule has 0 aliphatic heterocycles. The molecule has 2 heterocycles. The number of carbonyl (C=O) groups is 1. The lowest BCUT2D eigenvalue weighted by Gasteiger charge is -2.30. The zero-order valence-electron chi connectivity index (χ0n) is 18.8. The van der Waals surface area contributed by atoms with E-state index >= 15 is 0 Å². The number of hydrogen-bond acceptors (Lipinski definition) is 4. The van der Waals surface area contributed by atoms with Crippen molar-refractivity contribution >= 4 is 17.2 Å². The highest BCUT2D eigenvalue weighted by molar-refractivity contribution is 6.06. The van der Waals surface area contributed by atoms with Crippen LogP contribution in [0.1, 0.15) is 35.8 Å². The van der Waals surface area contributed by atoms with E-state index in [2.05, 4.69) is 11.9 Å². The minimum absolute atomic E-state index is 0.0299. The van der Waals surface area contributed by atoms with Gasteiger partial charge in [0.15, 0.2) is 0 Å². The van der Waals surface area contributed by atoms with Gasteiger partial charge >= 0.3 is 0 Å².